The van der Waals surface area contributed by atoms with Crippen LogP contribution in [0.3, 0.4) is 0 Å². The van der Waals surface area contributed by atoms with E-state index < -0.39 is 0 Å². The number of nitrogens with one attached hydrogen (secondary N) is 1. The van der Waals surface area contributed by atoms with Gasteiger partial charge < -0.3 is 9.47 Å². The second-order valence-corrected chi connectivity index (χ2v) is 6.60. The molecule has 2 aromatic rings. The molecule has 0 atom stereocenters. The topological polar surface area (TPSA) is 63.2 Å². The van der Waals surface area contributed by atoms with Gasteiger partial charge in [-0.05, 0) is 47.5 Å². The van der Waals surface area contributed by atoms with E-state index in [0.717, 1.165) is 30.0 Å². The van der Waals surface area contributed by atoms with Crippen molar-refractivity contribution in [1.29, 1.82) is 0 Å². The minimum Gasteiger partial charge on any atom is -0.489 e. The molecule has 2 aromatic carbocycles. The van der Waals surface area contributed by atoms with Crippen LogP contribution in [-0.2, 0) is 16.1 Å². The first-order chi connectivity index (χ1) is 13.2. The summed E-state index contributed by atoms with van der Waals surface area (Å²) in [6.45, 7) is 3.69. The van der Waals surface area contributed by atoms with Crippen molar-refractivity contribution in [3.63, 3.8) is 0 Å². The van der Waals surface area contributed by atoms with Crippen LogP contribution >= 0.6 is 11.6 Å². The highest BCUT2D eigenvalue weighted by Crippen LogP contribution is 2.15. The van der Waals surface area contributed by atoms with Crippen LogP contribution in [0.4, 0.5) is 0 Å². The van der Waals surface area contributed by atoms with Crippen molar-refractivity contribution in [3.8, 4) is 5.75 Å². The Morgan fingerprint density at radius 1 is 1.15 bits per heavy atom. The zero-order valence-electron chi connectivity index (χ0n) is 14.9. The summed E-state index contributed by atoms with van der Waals surface area (Å²) in [5.74, 6) is 0.634. The third-order valence-electron chi connectivity index (χ3n) is 4.07. The Balaban J connectivity index is 1.42. The summed E-state index contributed by atoms with van der Waals surface area (Å²) in [6, 6.07) is 15.1. The summed E-state index contributed by atoms with van der Waals surface area (Å²) < 4.78 is 11.0. The fourth-order valence-electron chi connectivity index (χ4n) is 2.57. The van der Waals surface area contributed by atoms with Crippen molar-refractivity contribution in [2.24, 2.45) is 5.10 Å². The van der Waals surface area contributed by atoms with E-state index in [0.29, 0.717) is 31.4 Å². The largest absolute Gasteiger partial charge is 0.489 e. The molecular weight excluding hydrogens is 366 g/mol. The molecule has 3 rings (SSSR count). The number of amides is 1. The zero-order chi connectivity index (χ0) is 18.9. The van der Waals surface area contributed by atoms with Crippen LogP contribution in [0.2, 0.25) is 5.02 Å². The Morgan fingerprint density at radius 3 is 2.56 bits per heavy atom. The van der Waals surface area contributed by atoms with Crippen molar-refractivity contribution in [3.05, 3.63) is 64.7 Å². The molecule has 0 spiro atoms. The van der Waals surface area contributed by atoms with Crippen molar-refractivity contribution in [1.82, 2.24) is 10.3 Å². The Bertz CT molecular complexity index is 757. The van der Waals surface area contributed by atoms with Crippen LogP contribution in [0, 0.1) is 0 Å². The third kappa shape index (κ3) is 6.67. The number of hydrogen-bond donors (Lipinski definition) is 1. The van der Waals surface area contributed by atoms with Gasteiger partial charge in [0.05, 0.1) is 26.0 Å². The van der Waals surface area contributed by atoms with Crippen LogP contribution in [0.1, 0.15) is 11.1 Å². The van der Waals surface area contributed by atoms with E-state index in [1.165, 1.54) is 0 Å². The summed E-state index contributed by atoms with van der Waals surface area (Å²) >= 11 is 5.87. The number of carbonyl (C=O) groups is 1. The molecule has 1 heterocycles. The van der Waals surface area contributed by atoms with E-state index in [9.17, 15) is 4.79 Å². The Hall–Kier alpha value is -2.41. The van der Waals surface area contributed by atoms with Crippen LogP contribution in [0.15, 0.2) is 53.6 Å². The van der Waals surface area contributed by atoms with Gasteiger partial charge in [0.15, 0.2) is 0 Å². The van der Waals surface area contributed by atoms with Gasteiger partial charge in [-0.1, -0.05) is 23.7 Å². The minimum absolute atomic E-state index is 0.129. The Kier molecular flexibility index (Phi) is 7.21. The number of morpholine rings is 1. The van der Waals surface area contributed by atoms with Gasteiger partial charge in [-0.2, -0.15) is 5.10 Å². The molecule has 0 unspecified atom stereocenters. The van der Waals surface area contributed by atoms with Crippen molar-refractivity contribution >= 4 is 23.7 Å². The predicted octanol–water partition coefficient (Wildman–Crippen LogP) is 2.70. The fraction of sp³-hybridized carbons (Fsp3) is 0.300. The average Bonchev–Trinajstić information content (AvgIpc) is 2.69. The standard InChI is InChI=1S/C20H22ClN3O3/c21-18-5-1-17(2-6-18)15-27-19-7-3-16(4-8-19)13-22-23-20(25)14-24-9-11-26-12-10-24/h1-8,13H,9-12,14-15H2,(H,23,25). The maximum absolute atomic E-state index is 11.9. The lowest BCUT2D eigenvalue weighted by atomic mass is 10.2. The molecule has 1 N–H and O–H groups in total. The smallest absolute Gasteiger partial charge is 0.254 e. The van der Waals surface area contributed by atoms with Crippen molar-refractivity contribution < 1.29 is 14.3 Å². The molecule has 1 saturated heterocycles. The van der Waals surface area contributed by atoms with Crippen LogP contribution in [0.5, 0.6) is 5.75 Å². The first kappa shape index (κ1) is 19.4. The Morgan fingerprint density at radius 2 is 1.85 bits per heavy atom. The van der Waals surface area contributed by atoms with E-state index in [1.54, 1.807) is 6.21 Å². The van der Waals surface area contributed by atoms with E-state index in [1.807, 2.05) is 53.4 Å². The summed E-state index contributed by atoms with van der Waals surface area (Å²) in [7, 11) is 0. The van der Waals surface area contributed by atoms with Crippen molar-refractivity contribution in [2.75, 3.05) is 32.8 Å². The first-order valence-electron chi connectivity index (χ1n) is 8.78. The summed E-state index contributed by atoms with van der Waals surface area (Å²) in [4.78, 5) is 13.9. The quantitative estimate of drug-likeness (QED) is 0.586. The summed E-state index contributed by atoms with van der Waals surface area (Å²) in [6.07, 6.45) is 1.61. The minimum atomic E-state index is -0.129. The van der Waals surface area contributed by atoms with Gasteiger partial charge in [0, 0.05) is 18.1 Å². The highest BCUT2D eigenvalue weighted by molar-refractivity contribution is 6.30. The average molecular weight is 388 g/mol. The van der Waals surface area contributed by atoms with E-state index >= 15 is 0 Å². The molecule has 7 heteroatoms. The van der Waals surface area contributed by atoms with Gasteiger partial charge in [-0.15, -0.1) is 0 Å². The van der Waals surface area contributed by atoms with Crippen LogP contribution in [-0.4, -0.2) is 49.9 Å². The number of benzene rings is 2. The summed E-state index contributed by atoms with van der Waals surface area (Å²) in [5.41, 5.74) is 4.47. The lowest BCUT2D eigenvalue weighted by Crippen LogP contribution is -2.42. The molecule has 1 aliphatic heterocycles. The van der Waals surface area contributed by atoms with Gasteiger partial charge in [-0.25, -0.2) is 5.43 Å². The fourth-order valence-corrected chi connectivity index (χ4v) is 2.70. The second kappa shape index (κ2) is 10.1. The number of rotatable bonds is 7. The molecule has 6 nitrogen and oxygen atoms in total. The molecule has 0 saturated carbocycles. The molecule has 27 heavy (non-hydrogen) atoms. The molecule has 142 valence electrons. The highest BCUT2D eigenvalue weighted by Gasteiger charge is 2.13. The molecular formula is C20H22ClN3O3. The molecule has 1 aliphatic rings. The first-order valence-corrected chi connectivity index (χ1v) is 9.16. The monoisotopic (exact) mass is 387 g/mol. The van der Waals surface area contributed by atoms with E-state index in [-0.39, 0.29) is 5.91 Å². The molecule has 0 bridgehead atoms. The lowest BCUT2D eigenvalue weighted by molar-refractivity contribution is -0.123. The normalized spacial score (nSPS) is 15.0. The van der Waals surface area contributed by atoms with Gasteiger partial charge >= 0.3 is 0 Å². The maximum atomic E-state index is 11.9. The van der Waals surface area contributed by atoms with Gasteiger partial charge in [0.25, 0.3) is 5.91 Å². The van der Waals surface area contributed by atoms with Gasteiger partial charge in [0.2, 0.25) is 0 Å². The summed E-state index contributed by atoms with van der Waals surface area (Å²) in [5, 5.41) is 4.71. The number of carbonyl (C=O) groups excluding carboxylic acids is 1. The van der Waals surface area contributed by atoms with Gasteiger partial charge in [-0.3, -0.25) is 9.69 Å². The highest BCUT2D eigenvalue weighted by atomic mass is 35.5. The van der Waals surface area contributed by atoms with Crippen LogP contribution < -0.4 is 10.2 Å². The zero-order valence-corrected chi connectivity index (χ0v) is 15.7. The van der Waals surface area contributed by atoms with Crippen molar-refractivity contribution in [2.45, 2.75) is 6.61 Å². The number of halogens is 1. The third-order valence-corrected chi connectivity index (χ3v) is 4.32. The number of hydrogen-bond acceptors (Lipinski definition) is 5. The molecule has 0 aromatic heterocycles. The van der Waals surface area contributed by atoms with Crippen LogP contribution in [0.25, 0.3) is 0 Å². The lowest BCUT2D eigenvalue weighted by Gasteiger charge is -2.25. The van der Waals surface area contributed by atoms with E-state index in [4.69, 9.17) is 21.1 Å². The molecule has 1 fully saturated rings. The number of nitrogens with zero attached hydrogens (tertiary/aromatic N) is 2. The van der Waals surface area contributed by atoms with Gasteiger partial charge in [0.1, 0.15) is 12.4 Å². The van der Waals surface area contributed by atoms with E-state index in [2.05, 4.69) is 10.5 Å². The predicted molar refractivity (Wildman–Crippen MR) is 105 cm³/mol. The molecule has 0 aliphatic carbocycles. The molecule has 0 radical (unpaired) electrons. The molecule has 1 amide bonds. The Labute approximate surface area is 163 Å². The SMILES string of the molecule is O=C(CN1CCOCC1)NN=Cc1ccc(OCc2ccc(Cl)cc2)cc1. The maximum Gasteiger partial charge on any atom is 0.254 e. The number of hydrazone groups is 1. The number of ether oxygens (including phenoxy) is 2. The second-order valence-electron chi connectivity index (χ2n) is 6.17.